The van der Waals surface area contributed by atoms with Gasteiger partial charge in [-0.1, -0.05) is 35.5 Å². The molecular weight excluding hydrogens is 416 g/mol. The van der Waals surface area contributed by atoms with Gasteiger partial charge in [-0.05, 0) is 0 Å². The second-order valence-electron chi connectivity index (χ2n) is 8.50. The van der Waals surface area contributed by atoms with E-state index >= 15 is 0 Å². The Kier molecular flexibility index (Phi) is 4.38. The van der Waals surface area contributed by atoms with E-state index in [9.17, 15) is 9.90 Å². The maximum Gasteiger partial charge on any atom is 0.276 e. The molecule has 5 heterocycles. The zero-order valence-corrected chi connectivity index (χ0v) is 17.6. The van der Waals surface area contributed by atoms with Gasteiger partial charge < -0.3 is 24.2 Å². The number of likely N-dealkylation sites (tertiary alicyclic amines) is 1. The van der Waals surface area contributed by atoms with Gasteiger partial charge in [0.2, 0.25) is 0 Å². The second kappa shape index (κ2) is 7.15. The van der Waals surface area contributed by atoms with E-state index in [2.05, 4.69) is 15.0 Å². The molecule has 4 atom stereocenters. The Morgan fingerprint density at radius 3 is 2.90 bits per heavy atom. The molecule has 3 fully saturated rings. The zero-order chi connectivity index (χ0) is 21.0. The van der Waals surface area contributed by atoms with E-state index in [-0.39, 0.29) is 30.5 Å². The highest BCUT2D eigenvalue weighted by atomic mass is 32.1. The third-order valence-electron chi connectivity index (χ3n) is 6.77. The maximum absolute atomic E-state index is 13.2. The van der Waals surface area contributed by atoms with Crippen molar-refractivity contribution in [3.05, 3.63) is 53.7 Å². The summed E-state index contributed by atoms with van der Waals surface area (Å²) < 4.78 is 11.9. The van der Waals surface area contributed by atoms with Crippen molar-refractivity contribution in [2.24, 2.45) is 11.8 Å². The number of thiazole rings is 1. The van der Waals surface area contributed by atoms with Crippen LogP contribution in [0.1, 0.15) is 10.5 Å². The van der Waals surface area contributed by atoms with Crippen LogP contribution in [-0.2, 0) is 4.74 Å². The Morgan fingerprint density at radius 1 is 1.26 bits per heavy atom. The summed E-state index contributed by atoms with van der Waals surface area (Å²) in [6, 6.07) is 11.3. The molecule has 160 valence electrons. The van der Waals surface area contributed by atoms with Gasteiger partial charge in [0.25, 0.3) is 5.91 Å². The summed E-state index contributed by atoms with van der Waals surface area (Å²) in [6.07, 6.45) is 1.75. The largest absolute Gasteiger partial charge is 0.396 e. The number of rotatable bonds is 4. The molecule has 3 aliphatic rings. The van der Waals surface area contributed by atoms with Crippen molar-refractivity contribution < 1.29 is 19.2 Å². The van der Waals surface area contributed by atoms with E-state index in [0.29, 0.717) is 37.6 Å². The van der Waals surface area contributed by atoms with Crippen LogP contribution >= 0.6 is 11.3 Å². The molecule has 1 aromatic carbocycles. The van der Waals surface area contributed by atoms with E-state index in [4.69, 9.17) is 9.26 Å². The predicted octanol–water partition coefficient (Wildman–Crippen LogP) is 2.14. The normalized spacial score (nSPS) is 29.4. The maximum atomic E-state index is 13.2. The van der Waals surface area contributed by atoms with Crippen LogP contribution in [0.25, 0.3) is 11.3 Å². The van der Waals surface area contributed by atoms with Crippen molar-refractivity contribution >= 4 is 22.4 Å². The van der Waals surface area contributed by atoms with Gasteiger partial charge in [0.05, 0.1) is 19.2 Å². The molecule has 3 aromatic rings. The van der Waals surface area contributed by atoms with Gasteiger partial charge in [-0.2, -0.15) is 0 Å². The van der Waals surface area contributed by atoms with Crippen molar-refractivity contribution in [3.8, 4) is 11.3 Å². The number of fused-ring (bicyclic) bond motifs is 1. The zero-order valence-electron chi connectivity index (χ0n) is 16.8. The molecule has 1 spiro atoms. The van der Waals surface area contributed by atoms with Gasteiger partial charge in [-0.3, -0.25) is 4.79 Å². The number of benzene rings is 1. The van der Waals surface area contributed by atoms with Gasteiger partial charge in [-0.15, -0.1) is 11.3 Å². The molecular formula is C22H22N4O4S. The quantitative estimate of drug-likeness (QED) is 0.667. The van der Waals surface area contributed by atoms with E-state index in [0.717, 1.165) is 10.7 Å². The van der Waals surface area contributed by atoms with Crippen LogP contribution in [0.3, 0.4) is 0 Å². The number of nitrogens with zero attached hydrogens (tertiary/aromatic N) is 4. The fourth-order valence-electron chi connectivity index (χ4n) is 5.38. The van der Waals surface area contributed by atoms with Gasteiger partial charge in [-0.25, -0.2) is 4.98 Å². The Balaban J connectivity index is 1.25. The summed E-state index contributed by atoms with van der Waals surface area (Å²) in [4.78, 5) is 21.7. The monoisotopic (exact) mass is 438 g/mol. The number of carbonyl (C=O) groups is 1. The lowest BCUT2D eigenvalue weighted by molar-refractivity contribution is -0.0625. The summed E-state index contributed by atoms with van der Waals surface area (Å²) in [5.41, 5.74) is 0.674. The number of carbonyl (C=O) groups excluding carboxylic acids is 1. The van der Waals surface area contributed by atoms with Gasteiger partial charge in [0.15, 0.2) is 16.6 Å². The summed E-state index contributed by atoms with van der Waals surface area (Å²) in [5, 5.41) is 17.1. The van der Waals surface area contributed by atoms with E-state index in [1.807, 2.05) is 35.7 Å². The van der Waals surface area contributed by atoms with Crippen LogP contribution in [0.5, 0.6) is 0 Å². The molecule has 1 amide bonds. The lowest BCUT2D eigenvalue weighted by Gasteiger charge is -2.40. The molecule has 3 aliphatic heterocycles. The van der Waals surface area contributed by atoms with E-state index in [1.54, 1.807) is 28.5 Å². The van der Waals surface area contributed by atoms with Crippen molar-refractivity contribution in [3.63, 3.8) is 0 Å². The third kappa shape index (κ3) is 2.99. The first kappa shape index (κ1) is 19.0. The Bertz CT molecular complexity index is 1090. The minimum atomic E-state index is -0.496. The molecule has 8 nitrogen and oxygen atoms in total. The van der Waals surface area contributed by atoms with Gasteiger partial charge in [0, 0.05) is 54.7 Å². The number of morpholine rings is 1. The topological polar surface area (TPSA) is 91.9 Å². The molecule has 2 aromatic heterocycles. The predicted molar refractivity (Wildman–Crippen MR) is 114 cm³/mol. The highest BCUT2D eigenvalue weighted by Gasteiger charge is 2.63. The number of aliphatic hydroxyl groups excluding tert-OH is 1. The highest BCUT2D eigenvalue weighted by molar-refractivity contribution is 7.13. The van der Waals surface area contributed by atoms with Gasteiger partial charge in [0.1, 0.15) is 5.60 Å². The molecule has 0 aliphatic carbocycles. The molecule has 0 unspecified atom stereocenters. The fourth-order valence-corrected chi connectivity index (χ4v) is 6.04. The highest BCUT2D eigenvalue weighted by Crippen LogP contribution is 2.50. The number of hydrogen-bond acceptors (Lipinski definition) is 8. The van der Waals surface area contributed by atoms with Crippen molar-refractivity contribution in [2.45, 2.75) is 11.7 Å². The molecule has 6 rings (SSSR count). The lowest BCUT2D eigenvalue weighted by atomic mass is 9.83. The van der Waals surface area contributed by atoms with Gasteiger partial charge >= 0.3 is 0 Å². The van der Waals surface area contributed by atoms with Crippen LogP contribution in [0.15, 0.2) is 52.5 Å². The average Bonchev–Trinajstić information content (AvgIpc) is 3.57. The number of aromatic nitrogens is 2. The molecule has 2 bridgehead atoms. The Morgan fingerprint density at radius 2 is 2.13 bits per heavy atom. The molecule has 9 heteroatoms. The Hall–Kier alpha value is -2.75. The Labute approximate surface area is 183 Å². The standard InChI is InChI=1S/C22H22N4O4S/c27-11-15-16-9-25(20(28)17-8-18(30-24-17)14-4-2-1-3-5-14)12-22(16)13-26(10-19(15)29-22)21-23-6-7-31-21/h1-8,15-16,19,27H,9-13H2/t15-,16+,19+,22-/m0/s1. The van der Waals surface area contributed by atoms with Crippen LogP contribution in [0, 0.1) is 11.8 Å². The number of anilines is 1. The van der Waals surface area contributed by atoms with Crippen molar-refractivity contribution in [2.75, 3.05) is 37.7 Å². The number of ether oxygens (including phenoxy) is 1. The SMILES string of the molecule is O=C(c1cc(-c2ccccc2)on1)N1C[C@@H]2[C@H](CO)[C@H]3CN(c4nccs4)C[C@]2(C1)O3. The third-order valence-corrected chi connectivity index (χ3v) is 7.60. The summed E-state index contributed by atoms with van der Waals surface area (Å²) >= 11 is 1.60. The van der Waals surface area contributed by atoms with E-state index in [1.165, 1.54) is 0 Å². The number of amides is 1. The molecule has 31 heavy (non-hydrogen) atoms. The van der Waals surface area contributed by atoms with Crippen LogP contribution in [0.4, 0.5) is 5.13 Å². The first-order valence-corrected chi connectivity index (χ1v) is 11.3. The smallest absolute Gasteiger partial charge is 0.276 e. The first-order valence-electron chi connectivity index (χ1n) is 10.4. The number of aliphatic hydroxyl groups is 1. The lowest BCUT2D eigenvalue weighted by Crippen LogP contribution is -2.54. The summed E-state index contributed by atoms with van der Waals surface area (Å²) in [6.45, 7) is 2.44. The van der Waals surface area contributed by atoms with E-state index < -0.39 is 5.60 Å². The minimum absolute atomic E-state index is 0.0000455. The molecule has 1 N–H and O–H groups in total. The van der Waals surface area contributed by atoms with Crippen LogP contribution in [-0.4, -0.2) is 70.5 Å². The first-order chi connectivity index (χ1) is 15.2. The molecule has 0 saturated carbocycles. The molecule has 3 saturated heterocycles. The second-order valence-corrected chi connectivity index (χ2v) is 9.37. The number of hydrogen-bond donors (Lipinski definition) is 1. The minimum Gasteiger partial charge on any atom is -0.396 e. The summed E-state index contributed by atoms with van der Waals surface area (Å²) in [5.74, 6) is 0.480. The fraction of sp³-hybridized carbons (Fsp3) is 0.409. The average molecular weight is 439 g/mol. The summed E-state index contributed by atoms with van der Waals surface area (Å²) in [7, 11) is 0. The van der Waals surface area contributed by atoms with Crippen LogP contribution in [0.2, 0.25) is 0 Å². The van der Waals surface area contributed by atoms with Crippen LogP contribution < -0.4 is 4.90 Å². The van der Waals surface area contributed by atoms with Crippen molar-refractivity contribution in [1.29, 1.82) is 0 Å². The van der Waals surface area contributed by atoms with Crippen molar-refractivity contribution in [1.82, 2.24) is 15.0 Å². The molecule has 0 radical (unpaired) electrons.